The summed E-state index contributed by atoms with van der Waals surface area (Å²) in [7, 11) is 1.60. The van der Waals surface area contributed by atoms with Crippen molar-refractivity contribution in [2.45, 2.75) is 39.0 Å². The maximum Gasteiger partial charge on any atom is 0.416 e. The molecule has 2 aromatic heterocycles. The van der Waals surface area contributed by atoms with E-state index in [1.54, 1.807) is 26.1 Å². The molecule has 0 saturated carbocycles. The molecule has 0 amide bonds. The molecule has 4 rings (SSSR count). The highest BCUT2D eigenvalue weighted by atomic mass is 19.4. The number of aromatic nitrogens is 2. The van der Waals surface area contributed by atoms with Crippen molar-refractivity contribution in [2.24, 2.45) is 13.0 Å². The largest absolute Gasteiger partial charge is 0.416 e. The molecule has 2 aromatic carbocycles. The molecular formula is C28H24F6N2O. The van der Waals surface area contributed by atoms with Crippen molar-refractivity contribution in [3.05, 3.63) is 99.1 Å². The van der Waals surface area contributed by atoms with Crippen molar-refractivity contribution in [2.75, 3.05) is 0 Å². The minimum atomic E-state index is -4.91. The van der Waals surface area contributed by atoms with Gasteiger partial charge in [0.05, 0.1) is 11.1 Å². The molecule has 0 bridgehead atoms. The first kappa shape index (κ1) is 26.4. The average molecular weight is 519 g/mol. The molecule has 0 aliphatic carbocycles. The van der Waals surface area contributed by atoms with Gasteiger partial charge in [-0.2, -0.15) is 26.3 Å². The third kappa shape index (κ3) is 5.55. The number of halogens is 6. The predicted molar refractivity (Wildman–Crippen MR) is 130 cm³/mol. The number of fused-ring (bicyclic) bond motifs is 1. The Kier molecular flexibility index (Phi) is 6.92. The molecule has 0 N–H and O–H groups in total. The number of hydrogen-bond donors (Lipinski definition) is 0. The normalized spacial score (nSPS) is 13.2. The highest BCUT2D eigenvalue weighted by molar-refractivity contribution is 5.95. The average Bonchev–Trinajstić information content (AvgIpc) is 2.82. The summed E-state index contributed by atoms with van der Waals surface area (Å²) in [5, 5.41) is 0.634. The van der Waals surface area contributed by atoms with E-state index in [-0.39, 0.29) is 41.5 Å². The molecule has 0 saturated heterocycles. The molecule has 0 radical (unpaired) electrons. The Morgan fingerprint density at radius 1 is 0.892 bits per heavy atom. The van der Waals surface area contributed by atoms with Crippen LogP contribution in [0.3, 0.4) is 0 Å². The van der Waals surface area contributed by atoms with E-state index in [4.69, 9.17) is 0 Å². The number of rotatable bonds is 5. The van der Waals surface area contributed by atoms with Crippen molar-refractivity contribution in [1.29, 1.82) is 0 Å². The van der Waals surface area contributed by atoms with Crippen molar-refractivity contribution >= 4 is 10.9 Å². The Balaban J connectivity index is 1.79. The van der Waals surface area contributed by atoms with Gasteiger partial charge in [0, 0.05) is 29.9 Å². The monoisotopic (exact) mass is 518 g/mol. The molecule has 9 heteroatoms. The van der Waals surface area contributed by atoms with E-state index in [1.165, 1.54) is 10.8 Å². The Labute approximate surface area is 209 Å². The number of hydrogen-bond acceptors (Lipinski definition) is 2. The van der Waals surface area contributed by atoms with E-state index >= 15 is 0 Å². The third-order valence-corrected chi connectivity index (χ3v) is 6.39. The van der Waals surface area contributed by atoms with Crippen molar-refractivity contribution in [1.82, 2.24) is 9.55 Å². The van der Waals surface area contributed by atoms with Crippen molar-refractivity contribution < 1.29 is 26.3 Å². The van der Waals surface area contributed by atoms with Crippen LogP contribution in [0.4, 0.5) is 26.3 Å². The van der Waals surface area contributed by atoms with Gasteiger partial charge in [-0.1, -0.05) is 42.8 Å². The summed E-state index contributed by atoms with van der Waals surface area (Å²) in [6, 6.07) is 12.8. The summed E-state index contributed by atoms with van der Waals surface area (Å²) in [6.07, 6.45) is -8.09. The molecule has 37 heavy (non-hydrogen) atoms. The highest BCUT2D eigenvalue weighted by Crippen LogP contribution is 2.37. The predicted octanol–water partition coefficient (Wildman–Crippen LogP) is 7.37. The van der Waals surface area contributed by atoms with Crippen molar-refractivity contribution in [3.8, 4) is 11.1 Å². The van der Waals surface area contributed by atoms with Gasteiger partial charge >= 0.3 is 12.4 Å². The van der Waals surface area contributed by atoms with Crippen LogP contribution in [-0.2, 0) is 32.2 Å². The van der Waals surface area contributed by atoms with Gasteiger partial charge in [0.1, 0.15) is 5.52 Å². The summed E-state index contributed by atoms with van der Waals surface area (Å²) in [5.74, 6) is -0.381. The fourth-order valence-electron chi connectivity index (χ4n) is 4.61. The second-order valence-electron chi connectivity index (χ2n) is 9.38. The van der Waals surface area contributed by atoms with Gasteiger partial charge in [0.2, 0.25) is 0 Å². The lowest BCUT2D eigenvalue weighted by atomic mass is 9.89. The molecule has 0 unspecified atom stereocenters. The van der Waals surface area contributed by atoms with Crippen LogP contribution < -0.4 is 5.56 Å². The van der Waals surface area contributed by atoms with Crippen LogP contribution in [0.25, 0.3) is 22.0 Å². The van der Waals surface area contributed by atoms with Crippen molar-refractivity contribution in [3.63, 3.8) is 0 Å². The minimum absolute atomic E-state index is 0.0421. The van der Waals surface area contributed by atoms with Gasteiger partial charge in [0.25, 0.3) is 5.56 Å². The van der Waals surface area contributed by atoms with E-state index < -0.39 is 23.5 Å². The van der Waals surface area contributed by atoms with Crippen LogP contribution in [0.1, 0.15) is 34.9 Å². The quantitative estimate of drug-likeness (QED) is 0.259. The Hall–Kier alpha value is -3.62. The second-order valence-corrected chi connectivity index (χ2v) is 9.38. The lowest BCUT2D eigenvalue weighted by Crippen LogP contribution is -2.24. The SMILES string of the molecule is Cc1ccc(-c2c(C[C@@H](C)Cc3cc(C(F)(F)F)cc(C(F)(F)F)c3)n(C)c(=O)c3ncccc23)cc1. The van der Waals surface area contributed by atoms with Gasteiger partial charge in [0.15, 0.2) is 0 Å². The van der Waals surface area contributed by atoms with Crippen LogP contribution >= 0.6 is 0 Å². The third-order valence-electron chi connectivity index (χ3n) is 6.39. The second kappa shape index (κ2) is 9.68. The Morgan fingerprint density at radius 2 is 1.49 bits per heavy atom. The van der Waals surface area contributed by atoms with Crippen LogP contribution in [0.15, 0.2) is 65.6 Å². The summed E-state index contributed by atoms with van der Waals surface area (Å²) < 4.78 is 81.4. The van der Waals surface area contributed by atoms with E-state index in [0.29, 0.717) is 11.1 Å². The summed E-state index contributed by atoms with van der Waals surface area (Å²) in [5.41, 5.74) is 0.469. The summed E-state index contributed by atoms with van der Waals surface area (Å²) >= 11 is 0. The van der Waals surface area contributed by atoms with Crippen LogP contribution in [0, 0.1) is 12.8 Å². The first-order valence-electron chi connectivity index (χ1n) is 11.6. The minimum Gasteiger partial charge on any atom is -0.313 e. The van der Waals surface area contributed by atoms with Gasteiger partial charge in [-0.25, -0.2) is 0 Å². The standard InChI is InChI=1S/C28H24F6N2O/c1-16-6-8-19(9-7-16)24-22-5-4-10-35-25(22)26(37)36(3)23(24)12-17(2)11-18-13-20(27(29,30)31)15-21(14-18)28(32,33)34/h4-10,13-15,17H,11-12H2,1-3H3/t17-/m0/s1. The molecule has 4 aromatic rings. The molecule has 0 aliphatic rings. The lowest BCUT2D eigenvalue weighted by molar-refractivity contribution is -0.143. The fraction of sp³-hybridized carbons (Fsp3) is 0.286. The van der Waals surface area contributed by atoms with Crippen LogP contribution in [0.2, 0.25) is 0 Å². The number of nitrogens with zero attached hydrogens (tertiary/aromatic N) is 2. The molecule has 3 nitrogen and oxygen atoms in total. The molecule has 0 aliphatic heterocycles. The number of aryl methyl sites for hydroxylation is 1. The zero-order chi connectivity index (χ0) is 27.1. The zero-order valence-corrected chi connectivity index (χ0v) is 20.3. The maximum atomic E-state index is 13.3. The number of benzene rings is 2. The summed E-state index contributed by atoms with van der Waals surface area (Å²) in [4.78, 5) is 17.3. The lowest BCUT2D eigenvalue weighted by Gasteiger charge is -2.21. The van der Waals surface area contributed by atoms with Gasteiger partial charge in [-0.05, 0) is 61.1 Å². The van der Waals surface area contributed by atoms with E-state index in [9.17, 15) is 31.1 Å². The van der Waals surface area contributed by atoms with Crippen LogP contribution in [-0.4, -0.2) is 9.55 Å². The Bertz CT molecular complexity index is 1470. The zero-order valence-electron chi connectivity index (χ0n) is 20.3. The fourth-order valence-corrected chi connectivity index (χ4v) is 4.61. The van der Waals surface area contributed by atoms with E-state index in [0.717, 1.165) is 28.8 Å². The topological polar surface area (TPSA) is 34.9 Å². The first-order valence-corrected chi connectivity index (χ1v) is 11.6. The molecule has 1 atom stereocenters. The number of pyridine rings is 2. The smallest absolute Gasteiger partial charge is 0.313 e. The number of alkyl halides is 6. The van der Waals surface area contributed by atoms with E-state index in [2.05, 4.69) is 4.98 Å². The molecule has 0 spiro atoms. The maximum absolute atomic E-state index is 13.3. The molecule has 2 heterocycles. The summed E-state index contributed by atoms with van der Waals surface area (Å²) in [6.45, 7) is 3.68. The Morgan fingerprint density at radius 3 is 2.05 bits per heavy atom. The van der Waals surface area contributed by atoms with E-state index in [1.807, 2.05) is 31.2 Å². The van der Waals surface area contributed by atoms with Crippen LogP contribution in [0.5, 0.6) is 0 Å². The molecular weight excluding hydrogens is 494 g/mol. The first-order chi connectivity index (χ1) is 17.3. The molecule has 194 valence electrons. The van der Waals surface area contributed by atoms with Gasteiger partial charge in [-0.15, -0.1) is 0 Å². The highest BCUT2D eigenvalue weighted by Gasteiger charge is 2.37. The van der Waals surface area contributed by atoms with Gasteiger partial charge < -0.3 is 4.57 Å². The molecule has 0 fully saturated rings. The van der Waals surface area contributed by atoms with Gasteiger partial charge in [-0.3, -0.25) is 9.78 Å².